The number of guanidine groups is 1. The van der Waals surface area contributed by atoms with Crippen molar-refractivity contribution in [2.75, 3.05) is 25.5 Å². The normalized spacial score (nSPS) is 15.2. The van der Waals surface area contributed by atoms with Gasteiger partial charge in [-0.25, -0.2) is 4.39 Å². The Morgan fingerprint density at radius 1 is 1.12 bits per heavy atom. The number of rotatable bonds is 6. The van der Waals surface area contributed by atoms with E-state index in [1.807, 2.05) is 36.4 Å². The molecule has 3 rings (SSSR count). The first-order valence-electron chi connectivity index (χ1n) is 8.67. The summed E-state index contributed by atoms with van der Waals surface area (Å²) in [5.41, 5.74) is 1.71. The Morgan fingerprint density at radius 2 is 1.88 bits per heavy atom. The van der Waals surface area contributed by atoms with E-state index in [1.54, 1.807) is 19.2 Å². The van der Waals surface area contributed by atoms with Crippen molar-refractivity contribution in [3.63, 3.8) is 0 Å². The molecule has 0 bridgehead atoms. The summed E-state index contributed by atoms with van der Waals surface area (Å²) >= 11 is 0. The quantitative estimate of drug-likeness (QED) is 0.552. The molecule has 1 saturated carbocycles. The number of carbonyl (C=O) groups excluding carboxylic acids is 1. The molecule has 0 aliphatic heterocycles. The van der Waals surface area contributed by atoms with Crippen LogP contribution in [0, 0.1) is 5.82 Å². The fraction of sp³-hybridized carbons (Fsp3) is 0.300. The van der Waals surface area contributed by atoms with Crippen LogP contribution < -0.4 is 16.0 Å². The lowest BCUT2D eigenvalue weighted by molar-refractivity contribution is -0.115. The highest BCUT2D eigenvalue weighted by Crippen LogP contribution is 2.47. The first-order chi connectivity index (χ1) is 12.6. The maximum Gasteiger partial charge on any atom is 0.243 e. The number of hydrogen-bond acceptors (Lipinski definition) is 2. The predicted molar refractivity (Wildman–Crippen MR) is 102 cm³/mol. The van der Waals surface area contributed by atoms with E-state index in [2.05, 4.69) is 20.9 Å². The van der Waals surface area contributed by atoms with Gasteiger partial charge in [0.05, 0.1) is 6.54 Å². The summed E-state index contributed by atoms with van der Waals surface area (Å²) in [4.78, 5) is 16.2. The van der Waals surface area contributed by atoms with E-state index in [0.717, 1.165) is 24.1 Å². The molecule has 0 aromatic heterocycles. The third-order valence-electron chi connectivity index (χ3n) is 4.58. The molecule has 0 saturated heterocycles. The van der Waals surface area contributed by atoms with Crippen LogP contribution >= 0.6 is 0 Å². The monoisotopic (exact) mass is 354 g/mol. The highest BCUT2D eigenvalue weighted by atomic mass is 19.1. The fourth-order valence-electron chi connectivity index (χ4n) is 2.90. The van der Waals surface area contributed by atoms with Crippen LogP contribution in [0.2, 0.25) is 0 Å². The maximum absolute atomic E-state index is 13.5. The van der Waals surface area contributed by atoms with E-state index in [9.17, 15) is 9.18 Å². The third-order valence-corrected chi connectivity index (χ3v) is 4.58. The number of nitrogens with one attached hydrogen (secondary N) is 3. The lowest BCUT2D eigenvalue weighted by atomic mass is 9.96. The summed E-state index contributed by atoms with van der Waals surface area (Å²) in [6.07, 6.45) is 2.02. The van der Waals surface area contributed by atoms with Crippen LogP contribution in [-0.4, -0.2) is 32.0 Å². The van der Waals surface area contributed by atoms with Gasteiger partial charge in [0.15, 0.2) is 5.96 Å². The standard InChI is InChI=1S/C20H23FN4O/c1-22-19(23-13-18(26)25-17-8-3-2-4-9-17)24-14-20(10-11-20)15-6-5-7-16(21)12-15/h2-9,12H,10-11,13-14H2,1H3,(H,25,26)(H2,22,23,24). The van der Waals surface area contributed by atoms with E-state index in [-0.39, 0.29) is 23.7 Å². The minimum Gasteiger partial charge on any atom is -0.356 e. The number of aliphatic imine (C=N–C) groups is 1. The number of hydrogen-bond donors (Lipinski definition) is 3. The number of amides is 1. The molecule has 0 spiro atoms. The summed E-state index contributed by atoms with van der Waals surface area (Å²) in [7, 11) is 1.66. The second kappa shape index (κ2) is 7.99. The maximum atomic E-state index is 13.5. The van der Waals surface area contributed by atoms with Crippen LogP contribution in [0.3, 0.4) is 0 Å². The van der Waals surface area contributed by atoms with Crippen LogP contribution in [0.4, 0.5) is 10.1 Å². The zero-order valence-corrected chi connectivity index (χ0v) is 14.8. The van der Waals surface area contributed by atoms with Gasteiger partial charge in [-0.05, 0) is 42.7 Å². The van der Waals surface area contributed by atoms with E-state index in [0.29, 0.717) is 12.5 Å². The summed E-state index contributed by atoms with van der Waals surface area (Å²) in [6, 6.07) is 16.0. The Labute approximate surface area is 152 Å². The molecule has 5 nitrogen and oxygen atoms in total. The lowest BCUT2D eigenvalue weighted by Gasteiger charge is -2.19. The minimum atomic E-state index is -0.214. The zero-order valence-electron chi connectivity index (χ0n) is 14.8. The molecule has 26 heavy (non-hydrogen) atoms. The van der Waals surface area contributed by atoms with Crippen LogP contribution in [0.25, 0.3) is 0 Å². The number of halogens is 1. The van der Waals surface area contributed by atoms with E-state index >= 15 is 0 Å². The predicted octanol–water partition coefficient (Wildman–Crippen LogP) is 2.66. The Hall–Kier alpha value is -2.89. The van der Waals surface area contributed by atoms with Gasteiger partial charge in [0.25, 0.3) is 0 Å². The molecular formula is C20H23FN4O. The van der Waals surface area contributed by atoms with Crippen molar-refractivity contribution >= 4 is 17.6 Å². The molecular weight excluding hydrogens is 331 g/mol. The number of nitrogens with zero attached hydrogens (tertiary/aromatic N) is 1. The molecule has 0 atom stereocenters. The summed E-state index contributed by atoms with van der Waals surface area (Å²) in [5, 5.41) is 9.06. The van der Waals surface area contributed by atoms with Crippen molar-refractivity contribution in [1.29, 1.82) is 0 Å². The van der Waals surface area contributed by atoms with E-state index in [1.165, 1.54) is 6.07 Å². The second-order valence-electron chi connectivity index (χ2n) is 6.48. The highest BCUT2D eigenvalue weighted by molar-refractivity contribution is 5.94. The van der Waals surface area contributed by atoms with Crippen molar-refractivity contribution < 1.29 is 9.18 Å². The number of carbonyl (C=O) groups is 1. The molecule has 3 N–H and O–H groups in total. The van der Waals surface area contributed by atoms with Gasteiger partial charge in [0, 0.05) is 24.7 Å². The molecule has 1 fully saturated rings. The first-order valence-corrected chi connectivity index (χ1v) is 8.67. The molecule has 0 unspecified atom stereocenters. The minimum absolute atomic E-state index is 0.0496. The molecule has 2 aromatic carbocycles. The molecule has 0 radical (unpaired) electrons. The van der Waals surface area contributed by atoms with Crippen LogP contribution in [-0.2, 0) is 10.2 Å². The van der Waals surface area contributed by atoms with Gasteiger partial charge in [0.2, 0.25) is 5.91 Å². The van der Waals surface area contributed by atoms with Gasteiger partial charge >= 0.3 is 0 Å². The van der Waals surface area contributed by atoms with E-state index in [4.69, 9.17) is 0 Å². The number of anilines is 1. The average molecular weight is 354 g/mol. The average Bonchev–Trinajstić information content (AvgIpc) is 3.44. The largest absolute Gasteiger partial charge is 0.356 e. The van der Waals surface area contributed by atoms with Crippen LogP contribution in [0.15, 0.2) is 59.6 Å². The summed E-state index contributed by atoms with van der Waals surface area (Å²) in [6.45, 7) is 0.762. The van der Waals surface area contributed by atoms with Crippen molar-refractivity contribution in [2.45, 2.75) is 18.3 Å². The molecule has 1 amide bonds. The Balaban J connectivity index is 1.49. The van der Waals surface area contributed by atoms with Crippen molar-refractivity contribution in [3.8, 4) is 0 Å². The molecule has 1 aliphatic rings. The first kappa shape index (κ1) is 17.9. The molecule has 6 heteroatoms. The highest BCUT2D eigenvalue weighted by Gasteiger charge is 2.44. The summed E-state index contributed by atoms with van der Waals surface area (Å²) in [5.74, 6) is 0.190. The topological polar surface area (TPSA) is 65.5 Å². The summed E-state index contributed by atoms with van der Waals surface area (Å²) < 4.78 is 13.5. The molecule has 0 heterocycles. The number of benzene rings is 2. The van der Waals surface area contributed by atoms with Gasteiger partial charge in [-0.15, -0.1) is 0 Å². The van der Waals surface area contributed by atoms with Crippen molar-refractivity contribution in [2.24, 2.45) is 4.99 Å². The lowest BCUT2D eigenvalue weighted by Crippen LogP contribution is -2.44. The molecule has 2 aromatic rings. The third kappa shape index (κ3) is 4.59. The Morgan fingerprint density at radius 3 is 2.54 bits per heavy atom. The van der Waals surface area contributed by atoms with Gasteiger partial charge in [0.1, 0.15) is 5.82 Å². The van der Waals surface area contributed by atoms with Crippen molar-refractivity contribution in [1.82, 2.24) is 10.6 Å². The SMILES string of the molecule is CN=C(NCC(=O)Nc1ccccc1)NCC1(c2cccc(F)c2)CC1. The van der Waals surface area contributed by atoms with Crippen LogP contribution in [0.1, 0.15) is 18.4 Å². The van der Waals surface area contributed by atoms with Gasteiger partial charge < -0.3 is 16.0 Å². The molecule has 1 aliphatic carbocycles. The Kier molecular flexibility index (Phi) is 5.51. The van der Waals surface area contributed by atoms with Crippen molar-refractivity contribution in [3.05, 3.63) is 66.0 Å². The number of para-hydroxylation sites is 1. The Bertz CT molecular complexity index is 787. The second-order valence-corrected chi connectivity index (χ2v) is 6.48. The van der Waals surface area contributed by atoms with Crippen LogP contribution in [0.5, 0.6) is 0 Å². The smallest absolute Gasteiger partial charge is 0.243 e. The van der Waals surface area contributed by atoms with Gasteiger partial charge in [-0.1, -0.05) is 30.3 Å². The van der Waals surface area contributed by atoms with Gasteiger partial charge in [-0.2, -0.15) is 0 Å². The van der Waals surface area contributed by atoms with E-state index < -0.39 is 0 Å². The zero-order chi connectivity index (χ0) is 18.4. The molecule has 136 valence electrons. The van der Waals surface area contributed by atoms with Gasteiger partial charge in [-0.3, -0.25) is 9.79 Å². The fourth-order valence-corrected chi connectivity index (χ4v) is 2.90.